The molecule has 0 amide bonds. The topological polar surface area (TPSA) is 113 Å². The van der Waals surface area contributed by atoms with Gasteiger partial charge in [0.25, 0.3) is 0 Å². The fourth-order valence-electron chi connectivity index (χ4n) is 4.17. The number of esters is 2. The minimum atomic E-state index is -0.861. The van der Waals surface area contributed by atoms with Crippen LogP contribution in [0.5, 0.6) is 0 Å². The monoisotopic (exact) mass is 592 g/mol. The van der Waals surface area contributed by atoms with Gasteiger partial charge in [-0.1, -0.05) is 121 Å². The summed E-state index contributed by atoms with van der Waals surface area (Å²) < 4.78 is 10.4. The Kier molecular flexibility index (Phi) is 27.4. The fraction of sp³-hybridized carbons (Fsp3) is 0.714. The number of hydrogen-bond donors (Lipinski definition) is 3. The van der Waals surface area contributed by atoms with Crippen molar-refractivity contribution in [1.29, 1.82) is 0 Å². The summed E-state index contributed by atoms with van der Waals surface area (Å²) in [6, 6.07) is 0. The lowest BCUT2D eigenvalue weighted by Gasteiger charge is -2.16. The molecule has 0 aromatic carbocycles. The van der Waals surface area contributed by atoms with Gasteiger partial charge >= 0.3 is 11.9 Å². The van der Waals surface area contributed by atoms with Gasteiger partial charge in [0.1, 0.15) is 6.61 Å². The average molecular weight is 593 g/mol. The van der Waals surface area contributed by atoms with E-state index in [-0.39, 0.29) is 19.0 Å². The largest absolute Gasteiger partial charge is 0.462 e. The van der Waals surface area contributed by atoms with E-state index in [0.29, 0.717) is 25.7 Å². The third kappa shape index (κ3) is 27.9. The summed E-state index contributed by atoms with van der Waals surface area (Å²) in [6.45, 7) is 6.07. The normalized spacial score (nSPS) is 14.5. The summed E-state index contributed by atoms with van der Waals surface area (Å²) in [5.74, 6) is -0.0935. The Labute approximate surface area is 255 Å². The summed E-state index contributed by atoms with van der Waals surface area (Å²) in [7, 11) is 0. The molecule has 0 aliphatic carbocycles. The molecule has 0 fully saturated rings. The molecule has 0 aromatic heterocycles. The molecule has 0 saturated carbocycles. The number of allylic oxidation sites excluding steroid dienone is 5. The van der Waals surface area contributed by atoms with Crippen LogP contribution in [-0.4, -0.2) is 58.8 Å². The molecule has 0 bridgehead atoms. The summed E-state index contributed by atoms with van der Waals surface area (Å²) in [6.07, 6.45) is 26.8. The van der Waals surface area contributed by atoms with E-state index in [9.17, 15) is 24.9 Å². The van der Waals surface area contributed by atoms with Crippen molar-refractivity contribution in [3.05, 3.63) is 48.6 Å². The van der Waals surface area contributed by atoms with E-state index in [1.807, 2.05) is 6.08 Å². The van der Waals surface area contributed by atoms with Gasteiger partial charge in [-0.2, -0.15) is 0 Å². The first-order chi connectivity index (χ1) is 20.3. The van der Waals surface area contributed by atoms with E-state index in [1.165, 1.54) is 44.9 Å². The Bertz CT molecular complexity index is 769. The molecule has 3 atom stereocenters. The molecule has 0 rings (SSSR count). The zero-order chi connectivity index (χ0) is 31.3. The first-order valence-electron chi connectivity index (χ1n) is 16.3. The Morgan fingerprint density at radius 2 is 1.36 bits per heavy atom. The SMILES string of the molecule is CCCCC/C=C\C[C@@H](O)/C=C/C=C/C=C\[C@@H](O)CCCC(=O)OC[C@H](CO)OC(=O)CCCCCCCCC(C)C. The highest BCUT2D eigenvalue weighted by Gasteiger charge is 2.16. The van der Waals surface area contributed by atoms with Crippen molar-refractivity contribution in [1.82, 2.24) is 0 Å². The number of carbonyl (C=O) groups excluding carboxylic acids is 2. The third-order valence-electron chi connectivity index (χ3n) is 6.74. The highest BCUT2D eigenvalue weighted by Crippen LogP contribution is 2.13. The van der Waals surface area contributed by atoms with Gasteiger partial charge < -0.3 is 24.8 Å². The van der Waals surface area contributed by atoms with Gasteiger partial charge in [0.15, 0.2) is 6.10 Å². The number of aliphatic hydroxyl groups excluding tert-OH is 3. The molecular weight excluding hydrogens is 532 g/mol. The van der Waals surface area contributed by atoms with Crippen LogP contribution in [0, 0.1) is 5.92 Å². The number of rotatable bonds is 27. The van der Waals surface area contributed by atoms with E-state index >= 15 is 0 Å². The van der Waals surface area contributed by atoms with E-state index in [4.69, 9.17) is 9.47 Å². The molecule has 242 valence electrons. The van der Waals surface area contributed by atoms with Gasteiger partial charge in [-0.25, -0.2) is 0 Å². The van der Waals surface area contributed by atoms with Gasteiger partial charge in [0.2, 0.25) is 0 Å². The Hall–Kier alpha value is -2.22. The van der Waals surface area contributed by atoms with Crippen molar-refractivity contribution in [2.24, 2.45) is 5.92 Å². The van der Waals surface area contributed by atoms with Crippen LogP contribution in [-0.2, 0) is 19.1 Å². The molecular formula is C35H60O7. The van der Waals surface area contributed by atoms with Crippen molar-refractivity contribution >= 4 is 11.9 Å². The second-order valence-corrected chi connectivity index (χ2v) is 11.4. The molecule has 0 heterocycles. The maximum atomic E-state index is 12.0. The summed E-state index contributed by atoms with van der Waals surface area (Å²) in [4.78, 5) is 24.0. The Morgan fingerprint density at radius 1 is 0.714 bits per heavy atom. The number of aliphatic hydroxyl groups is 3. The highest BCUT2D eigenvalue weighted by molar-refractivity contribution is 5.70. The minimum Gasteiger partial charge on any atom is -0.462 e. The minimum absolute atomic E-state index is 0.123. The van der Waals surface area contributed by atoms with Crippen LogP contribution in [0.1, 0.15) is 124 Å². The molecule has 0 spiro atoms. The highest BCUT2D eigenvalue weighted by atomic mass is 16.6. The van der Waals surface area contributed by atoms with Crippen LogP contribution in [0.3, 0.4) is 0 Å². The average Bonchev–Trinajstić information content (AvgIpc) is 2.95. The molecule has 0 aromatic rings. The van der Waals surface area contributed by atoms with Crippen molar-refractivity contribution < 1.29 is 34.4 Å². The van der Waals surface area contributed by atoms with E-state index < -0.39 is 30.9 Å². The van der Waals surface area contributed by atoms with Crippen molar-refractivity contribution in [3.63, 3.8) is 0 Å². The lowest BCUT2D eigenvalue weighted by Crippen LogP contribution is -2.28. The molecule has 42 heavy (non-hydrogen) atoms. The molecule has 3 N–H and O–H groups in total. The van der Waals surface area contributed by atoms with Crippen LogP contribution in [0.25, 0.3) is 0 Å². The van der Waals surface area contributed by atoms with Gasteiger partial charge in [-0.3, -0.25) is 9.59 Å². The smallest absolute Gasteiger partial charge is 0.306 e. The van der Waals surface area contributed by atoms with Crippen molar-refractivity contribution in [2.75, 3.05) is 13.2 Å². The van der Waals surface area contributed by atoms with Crippen LogP contribution >= 0.6 is 0 Å². The Morgan fingerprint density at radius 3 is 2.02 bits per heavy atom. The first-order valence-corrected chi connectivity index (χ1v) is 16.3. The maximum absolute atomic E-state index is 12.0. The molecule has 0 aliphatic rings. The fourth-order valence-corrected chi connectivity index (χ4v) is 4.17. The molecule has 0 saturated heterocycles. The summed E-state index contributed by atoms with van der Waals surface area (Å²) in [5, 5.41) is 29.5. The standard InChI is InChI=1S/C35H60O7/c1-4-5-6-7-11-16-22-31(37)23-17-13-14-18-24-32(38)25-20-27-34(39)41-29-33(28-36)42-35(40)26-19-12-9-8-10-15-21-30(2)3/h11,13-14,16-18,23-24,30-33,36-38H,4-10,12,15,19-22,25-29H2,1-3H3/b14-13+,16-11-,23-17+,24-18-/t31-,32-,33+/m1/s1. The van der Waals surface area contributed by atoms with E-state index in [1.54, 1.807) is 36.5 Å². The summed E-state index contributed by atoms with van der Waals surface area (Å²) in [5.41, 5.74) is 0. The van der Waals surface area contributed by atoms with Crippen LogP contribution < -0.4 is 0 Å². The summed E-state index contributed by atoms with van der Waals surface area (Å²) >= 11 is 0. The van der Waals surface area contributed by atoms with Crippen LogP contribution in [0.4, 0.5) is 0 Å². The number of unbranched alkanes of at least 4 members (excludes halogenated alkanes) is 8. The number of hydrogen-bond acceptors (Lipinski definition) is 7. The predicted molar refractivity (Wildman–Crippen MR) is 171 cm³/mol. The van der Waals surface area contributed by atoms with Gasteiger partial charge in [-0.05, 0) is 44.4 Å². The van der Waals surface area contributed by atoms with Crippen molar-refractivity contribution in [3.8, 4) is 0 Å². The second kappa shape index (κ2) is 28.9. The van der Waals surface area contributed by atoms with Gasteiger partial charge in [0, 0.05) is 12.8 Å². The molecule has 0 radical (unpaired) electrons. The van der Waals surface area contributed by atoms with Crippen LogP contribution in [0.15, 0.2) is 48.6 Å². The number of carbonyl (C=O) groups is 2. The molecule has 7 heteroatoms. The first kappa shape index (κ1) is 39.8. The third-order valence-corrected chi connectivity index (χ3v) is 6.74. The molecule has 7 nitrogen and oxygen atoms in total. The molecule has 0 unspecified atom stereocenters. The van der Waals surface area contributed by atoms with Crippen LogP contribution in [0.2, 0.25) is 0 Å². The lowest BCUT2D eigenvalue weighted by molar-refractivity contribution is -0.161. The molecule has 0 aliphatic heterocycles. The quantitative estimate of drug-likeness (QED) is 0.0397. The predicted octanol–water partition coefficient (Wildman–Crippen LogP) is 7.30. The van der Waals surface area contributed by atoms with Gasteiger partial charge in [0.05, 0.1) is 18.8 Å². The lowest BCUT2D eigenvalue weighted by atomic mass is 10.0. The van der Waals surface area contributed by atoms with E-state index in [0.717, 1.165) is 31.6 Å². The van der Waals surface area contributed by atoms with E-state index in [2.05, 4.69) is 26.8 Å². The number of ether oxygens (including phenoxy) is 2. The second-order valence-electron chi connectivity index (χ2n) is 11.4. The van der Waals surface area contributed by atoms with Crippen molar-refractivity contribution in [2.45, 2.75) is 142 Å². The maximum Gasteiger partial charge on any atom is 0.306 e. The Balaban J connectivity index is 3.95. The zero-order valence-electron chi connectivity index (χ0n) is 26.6. The zero-order valence-corrected chi connectivity index (χ0v) is 26.6. The van der Waals surface area contributed by atoms with Gasteiger partial charge in [-0.15, -0.1) is 0 Å².